The topological polar surface area (TPSA) is 9.23 Å². The Morgan fingerprint density at radius 1 is 1.13 bits per heavy atom. The van der Waals surface area contributed by atoms with E-state index >= 15 is 0 Å². The largest absolute Gasteiger partial charge is 0.414 e. The third-order valence-corrected chi connectivity index (χ3v) is 8.50. The quantitative estimate of drug-likeness (QED) is 0.388. The summed E-state index contributed by atoms with van der Waals surface area (Å²) in [7, 11) is -1.54. The summed E-state index contributed by atoms with van der Waals surface area (Å²) in [4.78, 5) is 0. The molecule has 0 unspecified atom stereocenters. The fraction of sp³-hybridized carbons (Fsp3) is 1.00. The lowest BCUT2D eigenvalue weighted by Gasteiger charge is -2.38. The summed E-state index contributed by atoms with van der Waals surface area (Å²) in [5.41, 5.74) is 0. The highest BCUT2D eigenvalue weighted by Gasteiger charge is 2.38. The van der Waals surface area contributed by atoms with Gasteiger partial charge in [-0.2, -0.15) is 0 Å². The van der Waals surface area contributed by atoms with Gasteiger partial charge in [0.15, 0.2) is 8.32 Å². The van der Waals surface area contributed by atoms with E-state index in [1.54, 1.807) is 0 Å². The summed E-state index contributed by atoms with van der Waals surface area (Å²) in [6, 6.07) is 0. The van der Waals surface area contributed by atoms with E-state index in [1.807, 2.05) is 0 Å². The summed E-state index contributed by atoms with van der Waals surface area (Å²) in [5.74, 6) is 0. The second-order valence-corrected chi connectivity index (χ2v) is 12.9. The molecular weight excluding hydrogens is 315 g/mol. The van der Waals surface area contributed by atoms with Crippen molar-refractivity contribution in [2.75, 3.05) is 0 Å². The highest BCUT2D eigenvalue weighted by atomic mass is 127. The molecule has 15 heavy (non-hydrogen) atoms. The van der Waals surface area contributed by atoms with Crippen molar-refractivity contribution < 1.29 is 4.43 Å². The van der Waals surface area contributed by atoms with E-state index < -0.39 is 8.32 Å². The van der Waals surface area contributed by atoms with E-state index in [2.05, 4.69) is 70.3 Å². The van der Waals surface area contributed by atoms with Crippen LogP contribution in [0.3, 0.4) is 0 Å². The van der Waals surface area contributed by atoms with Gasteiger partial charge in [0.2, 0.25) is 0 Å². The van der Waals surface area contributed by atoms with E-state index in [9.17, 15) is 0 Å². The molecule has 0 saturated heterocycles. The highest BCUT2D eigenvalue weighted by molar-refractivity contribution is 14.1. The number of alkyl halides is 1. The van der Waals surface area contributed by atoms with Gasteiger partial charge in [-0.25, -0.2) is 0 Å². The molecule has 0 amide bonds. The maximum absolute atomic E-state index is 6.29. The maximum Gasteiger partial charge on any atom is 0.192 e. The second kappa shape index (κ2) is 6.01. The minimum Gasteiger partial charge on any atom is -0.414 e. The Morgan fingerprint density at radius 3 is 1.93 bits per heavy atom. The molecule has 0 aromatic carbocycles. The maximum atomic E-state index is 6.29. The van der Waals surface area contributed by atoms with E-state index in [-0.39, 0.29) is 0 Å². The summed E-state index contributed by atoms with van der Waals surface area (Å²) in [6.45, 7) is 16.0. The van der Waals surface area contributed by atoms with Crippen molar-refractivity contribution in [3.63, 3.8) is 0 Å². The Bertz CT molecular complexity index is 185. The molecule has 92 valence electrons. The molecule has 1 nitrogen and oxygen atoms in total. The van der Waals surface area contributed by atoms with Gasteiger partial charge >= 0.3 is 0 Å². The number of rotatable bonds is 5. The van der Waals surface area contributed by atoms with Gasteiger partial charge in [0.1, 0.15) is 0 Å². The van der Waals surface area contributed by atoms with Crippen molar-refractivity contribution in [3.8, 4) is 0 Å². The van der Waals surface area contributed by atoms with Gasteiger partial charge < -0.3 is 4.43 Å². The third-order valence-electron chi connectivity index (χ3n) is 3.27. The van der Waals surface area contributed by atoms with Crippen LogP contribution in [-0.2, 0) is 4.43 Å². The van der Waals surface area contributed by atoms with Crippen molar-refractivity contribution in [2.45, 2.75) is 75.6 Å². The van der Waals surface area contributed by atoms with Gasteiger partial charge in [-0.3, -0.25) is 0 Å². The van der Waals surface area contributed by atoms with Crippen molar-refractivity contribution in [3.05, 3.63) is 0 Å². The van der Waals surface area contributed by atoms with Gasteiger partial charge in [-0.05, 0) is 37.9 Å². The van der Waals surface area contributed by atoms with E-state index in [0.717, 1.165) is 3.92 Å². The van der Waals surface area contributed by atoms with Crippen LogP contribution in [0, 0.1) is 0 Å². The zero-order valence-electron chi connectivity index (χ0n) is 11.4. The molecule has 3 heteroatoms. The molecule has 0 aromatic rings. The Kier molecular flexibility index (Phi) is 6.37. The lowest BCUT2D eigenvalue weighted by molar-refractivity contribution is 0.187. The Balaban J connectivity index is 4.11. The molecule has 0 bridgehead atoms. The molecule has 0 aromatic heterocycles. The van der Waals surface area contributed by atoms with Crippen molar-refractivity contribution >= 4 is 30.9 Å². The highest BCUT2D eigenvalue weighted by Crippen LogP contribution is 2.37. The van der Waals surface area contributed by atoms with Crippen LogP contribution in [-0.4, -0.2) is 18.3 Å². The third kappa shape index (κ3) is 6.27. The molecule has 0 saturated carbocycles. The Hall–Kier alpha value is 0.907. The molecule has 0 rings (SSSR count). The zero-order valence-corrected chi connectivity index (χ0v) is 14.5. The van der Waals surface area contributed by atoms with Crippen LogP contribution in [0.25, 0.3) is 0 Å². The molecule has 0 aliphatic heterocycles. The molecule has 0 N–H and O–H groups in total. The first kappa shape index (κ1) is 15.9. The van der Waals surface area contributed by atoms with Gasteiger partial charge in [-0.15, -0.1) is 0 Å². The molecule has 0 radical (unpaired) electrons. The molecule has 0 heterocycles. The van der Waals surface area contributed by atoms with Gasteiger partial charge in [-0.1, -0.05) is 50.3 Å². The molecule has 0 spiro atoms. The first-order valence-electron chi connectivity index (χ1n) is 5.88. The van der Waals surface area contributed by atoms with Crippen molar-refractivity contribution in [2.24, 2.45) is 0 Å². The summed E-state index contributed by atoms with van der Waals surface area (Å²) >= 11 is 2.48. The van der Waals surface area contributed by atoms with Crippen LogP contribution in [0.4, 0.5) is 0 Å². The number of hydrogen-bond donors (Lipinski definition) is 0. The molecule has 0 aliphatic carbocycles. The monoisotopic (exact) mass is 342 g/mol. The number of halogens is 1. The normalized spacial score (nSPS) is 17.6. The van der Waals surface area contributed by atoms with Crippen LogP contribution < -0.4 is 0 Å². The first-order chi connectivity index (χ1) is 6.56. The first-order valence-corrected chi connectivity index (χ1v) is 10.0. The zero-order chi connectivity index (χ0) is 12.3. The molecule has 0 aliphatic rings. The van der Waals surface area contributed by atoms with E-state index in [1.165, 1.54) is 12.8 Å². The van der Waals surface area contributed by atoms with Gasteiger partial charge in [0, 0.05) is 10.0 Å². The summed E-state index contributed by atoms with van der Waals surface area (Å²) in [5, 5.41) is 0.331. The van der Waals surface area contributed by atoms with Crippen LogP contribution in [0.15, 0.2) is 0 Å². The van der Waals surface area contributed by atoms with Gasteiger partial charge in [0.25, 0.3) is 0 Å². The SMILES string of the molecule is C[C@H](CC[C@@H](C)I)O[Si](C)(C)C(C)(C)C. The predicted molar refractivity (Wildman–Crippen MR) is 80.5 cm³/mol. The van der Waals surface area contributed by atoms with Crippen molar-refractivity contribution in [1.82, 2.24) is 0 Å². The lowest BCUT2D eigenvalue weighted by atomic mass is 10.2. The fourth-order valence-corrected chi connectivity index (χ4v) is 3.04. The van der Waals surface area contributed by atoms with E-state index in [0.29, 0.717) is 11.1 Å². The van der Waals surface area contributed by atoms with Crippen molar-refractivity contribution in [1.29, 1.82) is 0 Å². The molecule has 0 fully saturated rings. The minimum absolute atomic E-state index is 0.331. The summed E-state index contributed by atoms with van der Waals surface area (Å²) < 4.78 is 7.05. The van der Waals surface area contributed by atoms with Crippen LogP contribution in [0.1, 0.15) is 47.5 Å². The standard InChI is InChI=1S/C12H27IOSi/c1-10(13)8-9-11(2)14-15(6,7)12(3,4)5/h10-11H,8-9H2,1-7H3/t10-,11-/m1/s1. The smallest absolute Gasteiger partial charge is 0.192 e. The summed E-state index contributed by atoms with van der Waals surface area (Å²) in [6.07, 6.45) is 2.87. The molecule has 2 atom stereocenters. The van der Waals surface area contributed by atoms with Crippen LogP contribution >= 0.6 is 22.6 Å². The average molecular weight is 342 g/mol. The van der Waals surface area contributed by atoms with E-state index in [4.69, 9.17) is 4.43 Å². The predicted octanol–water partition coefficient (Wildman–Crippen LogP) is 5.00. The second-order valence-electron chi connectivity index (χ2n) is 6.05. The average Bonchev–Trinajstić information content (AvgIpc) is 1.97. The lowest BCUT2D eigenvalue weighted by Crippen LogP contribution is -2.43. The Labute approximate surface area is 111 Å². The minimum atomic E-state index is -1.54. The number of hydrogen-bond acceptors (Lipinski definition) is 1. The van der Waals surface area contributed by atoms with Crippen LogP contribution in [0.5, 0.6) is 0 Å². The van der Waals surface area contributed by atoms with Crippen LogP contribution in [0.2, 0.25) is 18.1 Å². The molecular formula is C12H27IOSi. The van der Waals surface area contributed by atoms with Gasteiger partial charge in [0.05, 0.1) is 0 Å². The Morgan fingerprint density at radius 2 is 1.60 bits per heavy atom. The fourth-order valence-electron chi connectivity index (χ4n) is 1.20.